The molecule has 0 aliphatic carbocycles. The lowest BCUT2D eigenvalue weighted by atomic mass is 10.2. The summed E-state index contributed by atoms with van der Waals surface area (Å²) in [5, 5.41) is 3.44. The van der Waals surface area contributed by atoms with Crippen LogP contribution in [-0.2, 0) is 6.54 Å². The topological polar surface area (TPSA) is 21.3 Å². The van der Waals surface area contributed by atoms with Crippen LogP contribution < -0.4 is 10.1 Å². The summed E-state index contributed by atoms with van der Waals surface area (Å²) in [4.78, 5) is 0. The molecule has 0 heterocycles. The summed E-state index contributed by atoms with van der Waals surface area (Å²) in [5.41, 5.74) is 2.32. The lowest BCUT2D eigenvalue weighted by Crippen LogP contribution is -2.19. The van der Waals surface area contributed by atoms with E-state index < -0.39 is 0 Å². The van der Waals surface area contributed by atoms with Gasteiger partial charge in [0.05, 0.1) is 8.95 Å². The van der Waals surface area contributed by atoms with E-state index in [-0.39, 0.29) is 0 Å². The summed E-state index contributed by atoms with van der Waals surface area (Å²) < 4.78 is 7.74. The first-order chi connectivity index (χ1) is 9.43. The number of hydrogen-bond donors (Lipinski definition) is 1. The summed E-state index contributed by atoms with van der Waals surface area (Å²) in [6.07, 6.45) is 0.937. The van der Waals surface area contributed by atoms with Crippen molar-refractivity contribution < 1.29 is 4.74 Å². The van der Waals surface area contributed by atoms with Gasteiger partial charge in [-0.1, -0.05) is 27.4 Å². The fourth-order valence-electron chi connectivity index (χ4n) is 1.63. The van der Waals surface area contributed by atoms with Gasteiger partial charge < -0.3 is 10.1 Å². The van der Waals surface area contributed by atoms with Crippen LogP contribution in [0, 0.1) is 5.92 Å². The number of halogens is 2. The summed E-state index contributed by atoms with van der Waals surface area (Å²) in [5.74, 6) is 1.50. The monoisotopic (exact) mass is 403 g/mol. The van der Waals surface area contributed by atoms with E-state index in [1.165, 1.54) is 5.56 Å². The van der Waals surface area contributed by atoms with Gasteiger partial charge in [0.25, 0.3) is 0 Å². The van der Waals surface area contributed by atoms with Crippen molar-refractivity contribution in [1.29, 1.82) is 0 Å². The molecular formula is C16H23Br2NO. The molecule has 4 heteroatoms. The smallest absolute Gasteiger partial charge is 0.148 e. The van der Waals surface area contributed by atoms with Crippen molar-refractivity contribution in [3.63, 3.8) is 0 Å². The molecule has 0 spiro atoms. The maximum atomic E-state index is 5.80. The zero-order valence-corrected chi connectivity index (χ0v) is 15.6. The predicted molar refractivity (Wildman–Crippen MR) is 93.3 cm³/mol. The highest BCUT2D eigenvalue weighted by atomic mass is 79.9. The van der Waals surface area contributed by atoms with Crippen LogP contribution in [0.1, 0.15) is 32.8 Å². The van der Waals surface area contributed by atoms with Gasteiger partial charge in [0.15, 0.2) is 0 Å². The van der Waals surface area contributed by atoms with Crippen LogP contribution in [0.3, 0.4) is 0 Å². The van der Waals surface area contributed by atoms with E-state index in [0.29, 0.717) is 12.5 Å². The molecule has 0 aliphatic rings. The molecule has 112 valence electrons. The van der Waals surface area contributed by atoms with Gasteiger partial charge in [0.2, 0.25) is 0 Å². The Morgan fingerprint density at radius 2 is 1.90 bits per heavy atom. The van der Waals surface area contributed by atoms with Crippen molar-refractivity contribution in [2.45, 2.75) is 33.7 Å². The molecule has 0 radical (unpaired) electrons. The molecular weight excluding hydrogens is 382 g/mol. The van der Waals surface area contributed by atoms with Gasteiger partial charge >= 0.3 is 0 Å². The average Bonchev–Trinajstić information content (AvgIpc) is 2.37. The van der Waals surface area contributed by atoms with Gasteiger partial charge in [-0.05, 0) is 74.0 Å². The van der Waals surface area contributed by atoms with Crippen molar-refractivity contribution in [2.24, 2.45) is 5.92 Å². The van der Waals surface area contributed by atoms with Crippen LogP contribution in [0.2, 0.25) is 0 Å². The van der Waals surface area contributed by atoms with Crippen molar-refractivity contribution in [3.8, 4) is 5.75 Å². The Hall–Kier alpha value is -0.320. The van der Waals surface area contributed by atoms with E-state index in [0.717, 1.165) is 39.8 Å². The molecule has 0 atom stereocenters. The van der Waals surface area contributed by atoms with E-state index in [4.69, 9.17) is 4.74 Å². The zero-order valence-electron chi connectivity index (χ0n) is 12.4. The first-order valence-electron chi connectivity index (χ1n) is 6.92. The van der Waals surface area contributed by atoms with Crippen LogP contribution in [0.15, 0.2) is 33.2 Å². The van der Waals surface area contributed by atoms with Crippen molar-refractivity contribution >= 4 is 31.9 Å². The Bertz CT molecular complexity index is 435. The molecule has 0 saturated heterocycles. The molecule has 2 nitrogen and oxygen atoms in total. The maximum Gasteiger partial charge on any atom is 0.148 e. The van der Waals surface area contributed by atoms with E-state index >= 15 is 0 Å². The van der Waals surface area contributed by atoms with E-state index in [2.05, 4.69) is 76.7 Å². The highest BCUT2D eigenvalue weighted by molar-refractivity contribution is 9.11. The first-order valence-corrected chi connectivity index (χ1v) is 8.50. The molecule has 0 amide bonds. The number of rotatable bonds is 8. The van der Waals surface area contributed by atoms with Crippen molar-refractivity contribution in [3.05, 3.63) is 38.8 Å². The van der Waals surface area contributed by atoms with Gasteiger partial charge in [-0.2, -0.15) is 0 Å². The fourth-order valence-corrected chi connectivity index (χ4v) is 3.14. The Morgan fingerprint density at radius 3 is 2.40 bits per heavy atom. The average molecular weight is 405 g/mol. The van der Waals surface area contributed by atoms with Crippen molar-refractivity contribution in [1.82, 2.24) is 5.32 Å². The largest absolute Gasteiger partial charge is 0.487 e. The van der Waals surface area contributed by atoms with E-state index in [9.17, 15) is 0 Å². The number of hydrogen-bond acceptors (Lipinski definition) is 2. The van der Waals surface area contributed by atoms with Crippen LogP contribution >= 0.6 is 31.9 Å². The van der Waals surface area contributed by atoms with Gasteiger partial charge in [0.1, 0.15) is 12.4 Å². The lowest BCUT2D eigenvalue weighted by molar-refractivity contribution is 0.344. The number of nitrogens with one attached hydrogen (secondary N) is 1. The van der Waals surface area contributed by atoms with E-state index in [1.54, 1.807) is 0 Å². The highest BCUT2D eigenvalue weighted by Crippen LogP contribution is 2.35. The second-order valence-electron chi connectivity index (χ2n) is 5.31. The standard InChI is InChI=1S/C16H23Br2NO/c1-5-12(4)10-20-16-14(17)6-13(7-15(16)18)9-19-8-11(2)3/h6-7,11,19H,4-5,8-10H2,1-3H3. The fraction of sp³-hybridized carbons (Fsp3) is 0.500. The minimum absolute atomic E-state index is 0.554. The zero-order chi connectivity index (χ0) is 15.1. The highest BCUT2D eigenvalue weighted by Gasteiger charge is 2.09. The molecule has 0 saturated carbocycles. The van der Waals surface area contributed by atoms with Gasteiger partial charge in [-0.25, -0.2) is 0 Å². The third-order valence-electron chi connectivity index (χ3n) is 2.86. The molecule has 1 aromatic carbocycles. The van der Waals surface area contributed by atoms with Crippen LogP contribution in [0.5, 0.6) is 5.75 Å². The lowest BCUT2D eigenvalue weighted by Gasteiger charge is -2.14. The van der Waals surface area contributed by atoms with Crippen LogP contribution in [0.25, 0.3) is 0 Å². The van der Waals surface area contributed by atoms with Gasteiger partial charge in [-0.15, -0.1) is 0 Å². The number of benzene rings is 1. The number of ether oxygens (including phenoxy) is 1. The predicted octanol–water partition coefficient (Wildman–Crippen LogP) is 5.30. The summed E-state index contributed by atoms with van der Waals surface area (Å²) in [6.45, 7) is 12.9. The molecule has 0 aromatic heterocycles. The van der Waals surface area contributed by atoms with Crippen LogP contribution in [0.4, 0.5) is 0 Å². The summed E-state index contributed by atoms with van der Waals surface area (Å²) in [7, 11) is 0. The van der Waals surface area contributed by atoms with Crippen LogP contribution in [-0.4, -0.2) is 13.2 Å². The molecule has 20 heavy (non-hydrogen) atoms. The van der Waals surface area contributed by atoms with E-state index in [1.807, 2.05) is 0 Å². The molecule has 1 N–H and O–H groups in total. The van der Waals surface area contributed by atoms with Gasteiger partial charge in [-0.3, -0.25) is 0 Å². The molecule has 0 unspecified atom stereocenters. The molecule has 1 aromatic rings. The summed E-state index contributed by atoms with van der Waals surface area (Å²) in [6, 6.07) is 4.20. The molecule has 0 bridgehead atoms. The Labute approximate surface area is 139 Å². The van der Waals surface area contributed by atoms with Gasteiger partial charge in [0, 0.05) is 6.54 Å². The third-order valence-corrected chi connectivity index (χ3v) is 4.04. The second kappa shape index (κ2) is 8.85. The summed E-state index contributed by atoms with van der Waals surface area (Å²) >= 11 is 7.16. The Kier molecular flexibility index (Phi) is 7.85. The minimum atomic E-state index is 0.554. The molecule has 0 fully saturated rings. The SMILES string of the molecule is C=C(CC)COc1c(Br)cc(CNCC(C)C)cc1Br. The minimum Gasteiger partial charge on any atom is -0.487 e. The first kappa shape index (κ1) is 17.7. The molecule has 0 aliphatic heterocycles. The third kappa shape index (κ3) is 5.98. The Morgan fingerprint density at radius 1 is 1.30 bits per heavy atom. The normalized spacial score (nSPS) is 10.9. The second-order valence-corrected chi connectivity index (χ2v) is 7.01. The maximum absolute atomic E-state index is 5.80. The quantitative estimate of drug-likeness (QED) is 0.593. The molecule has 1 rings (SSSR count). The Balaban J connectivity index is 2.68. The van der Waals surface area contributed by atoms with Crippen molar-refractivity contribution in [2.75, 3.05) is 13.2 Å².